The van der Waals surface area contributed by atoms with Gasteiger partial charge in [-0.3, -0.25) is 4.90 Å². The molecule has 0 aromatic carbocycles. The van der Waals surface area contributed by atoms with Crippen molar-refractivity contribution in [2.75, 3.05) is 39.3 Å². The normalized spacial score (nSPS) is 24.0. The van der Waals surface area contributed by atoms with Crippen LogP contribution >= 0.6 is 0 Å². The highest BCUT2D eigenvalue weighted by molar-refractivity contribution is 4.99. The van der Waals surface area contributed by atoms with Gasteiger partial charge in [0.1, 0.15) is 0 Å². The predicted octanol–water partition coefficient (Wildman–Crippen LogP) is 2.79. The van der Waals surface area contributed by atoms with Crippen LogP contribution in [-0.4, -0.2) is 49.7 Å². The number of nitrogens with zero attached hydrogens (tertiary/aromatic N) is 1. The molecule has 1 spiro atoms. The molecular formula is C18H35N3. The van der Waals surface area contributed by atoms with Crippen LogP contribution in [0.25, 0.3) is 0 Å². The van der Waals surface area contributed by atoms with Gasteiger partial charge in [0, 0.05) is 25.2 Å². The first-order valence-electron chi connectivity index (χ1n) is 8.92. The van der Waals surface area contributed by atoms with E-state index in [-0.39, 0.29) is 0 Å². The summed E-state index contributed by atoms with van der Waals surface area (Å²) in [6.45, 7) is 14.1. The zero-order chi connectivity index (χ0) is 15.1. The maximum absolute atomic E-state index is 3.63. The van der Waals surface area contributed by atoms with Gasteiger partial charge in [0.25, 0.3) is 0 Å². The van der Waals surface area contributed by atoms with Crippen LogP contribution in [0, 0.1) is 5.92 Å². The minimum absolute atomic E-state index is 0.448. The number of piperazine rings is 1. The molecule has 2 aliphatic heterocycles. The van der Waals surface area contributed by atoms with E-state index < -0.39 is 0 Å². The first kappa shape index (κ1) is 17.0. The van der Waals surface area contributed by atoms with Crippen molar-refractivity contribution in [1.29, 1.82) is 0 Å². The van der Waals surface area contributed by atoms with Gasteiger partial charge in [0.15, 0.2) is 0 Å². The molecule has 2 rings (SSSR count). The van der Waals surface area contributed by atoms with Crippen LogP contribution in [0.3, 0.4) is 0 Å². The van der Waals surface area contributed by atoms with Gasteiger partial charge >= 0.3 is 0 Å². The third kappa shape index (κ3) is 5.08. The van der Waals surface area contributed by atoms with E-state index in [1.165, 1.54) is 76.9 Å². The van der Waals surface area contributed by atoms with Crippen molar-refractivity contribution in [3.63, 3.8) is 0 Å². The number of hydrogen-bond donors (Lipinski definition) is 2. The van der Waals surface area contributed by atoms with E-state index in [9.17, 15) is 0 Å². The van der Waals surface area contributed by atoms with Gasteiger partial charge in [-0.05, 0) is 71.5 Å². The second-order valence-corrected chi connectivity index (χ2v) is 7.39. The highest BCUT2D eigenvalue weighted by Crippen LogP contribution is 2.28. The molecule has 2 saturated heterocycles. The van der Waals surface area contributed by atoms with Crippen LogP contribution in [0.1, 0.15) is 52.9 Å². The summed E-state index contributed by atoms with van der Waals surface area (Å²) < 4.78 is 0. The molecule has 2 N–H and O–H groups in total. The van der Waals surface area contributed by atoms with Crippen molar-refractivity contribution in [2.45, 2.75) is 58.4 Å². The fourth-order valence-electron chi connectivity index (χ4n) is 3.80. The lowest BCUT2D eigenvalue weighted by Gasteiger charge is -2.50. The number of rotatable bonds is 6. The molecule has 1 atom stereocenters. The molecule has 0 radical (unpaired) electrons. The molecular weight excluding hydrogens is 258 g/mol. The summed E-state index contributed by atoms with van der Waals surface area (Å²) in [4.78, 5) is 2.81. The lowest BCUT2D eigenvalue weighted by atomic mass is 9.84. The molecule has 122 valence electrons. The summed E-state index contributed by atoms with van der Waals surface area (Å²) in [7, 11) is 0. The third-order valence-corrected chi connectivity index (χ3v) is 5.32. The van der Waals surface area contributed by atoms with E-state index in [1.54, 1.807) is 0 Å². The Bertz CT molecular complexity index is 319. The van der Waals surface area contributed by atoms with E-state index in [0.29, 0.717) is 5.54 Å². The van der Waals surface area contributed by atoms with Gasteiger partial charge in [-0.2, -0.15) is 0 Å². The highest BCUT2D eigenvalue weighted by atomic mass is 15.3. The monoisotopic (exact) mass is 293 g/mol. The maximum Gasteiger partial charge on any atom is 0.0358 e. The third-order valence-electron chi connectivity index (χ3n) is 5.32. The van der Waals surface area contributed by atoms with Crippen molar-refractivity contribution >= 4 is 0 Å². The number of allylic oxidation sites excluding steroid dienone is 2. The summed E-state index contributed by atoms with van der Waals surface area (Å²) in [6, 6.07) is 0. The van der Waals surface area contributed by atoms with E-state index in [1.807, 2.05) is 0 Å². The lowest BCUT2D eigenvalue weighted by Crippen LogP contribution is -2.64. The quantitative estimate of drug-likeness (QED) is 0.738. The van der Waals surface area contributed by atoms with Gasteiger partial charge in [-0.1, -0.05) is 18.6 Å². The van der Waals surface area contributed by atoms with Gasteiger partial charge in [0.05, 0.1) is 0 Å². The Morgan fingerprint density at radius 1 is 1.14 bits per heavy atom. The molecule has 2 aliphatic rings. The summed E-state index contributed by atoms with van der Waals surface area (Å²) in [5.74, 6) is 0.842. The van der Waals surface area contributed by atoms with Crippen LogP contribution in [0.5, 0.6) is 0 Å². The topological polar surface area (TPSA) is 27.3 Å². The Hall–Kier alpha value is -0.380. The van der Waals surface area contributed by atoms with Crippen molar-refractivity contribution in [2.24, 2.45) is 5.92 Å². The molecule has 0 aliphatic carbocycles. The molecule has 0 saturated carbocycles. The Balaban J connectivity index is 1.78. The molecule has 2 heterocycles. The Kier molecular flexibility index (Phi) is 6.72. The van der Waals surface area contributed by atoms with Gasteiger partial charge in [0.2, 0.25) is 0 Å². The van der Waals surface area contributed by atoms with E-state index in [2.05, 4.69) is 42.4 Å². The van der Waals surface area contributed by atoms with Crippen LogP contribution in [0.15, 0.2) is 11.6 Å². The molecule has 3 nitrogen and oxygen atoms in total. The average Bonchev–Trinajstić information content (AvgIpc) is 2.47. The Morgan fingerprint density at radius 2 is 1.90 bits per heavy atom. The summed E-state index contributed by atoms with van der Waals surface area (Å²) in [6.07, 6.45) is 8.95. The average molecular weight is 293 g/mol. The first-order valence-corrected chi connectivity index (χ1v) is 8.92. The minimum atomic E-state index is 0.448. The van der Waals surface area contributed by atoms with E-state index in [0.717, 1.165) is 5.92 Å². The molecule has 21 heavy (non-hydrogen) atoms. The molecule has 0 amide bonds. The van der Waals surface area contributed by atoms with E-state index in [4.69, 9.17) is 0 Å². The number of hydrogen-bond acceptors (Lipinski definition) is 3. The summed E-state index contributed by atoms with van der Waals surface area (Å²) in [5.41, 5.74) is 1.90. The first-order chi connectivity index (χ1) is 10.1. The van der Waals surface area contributed by atoms with Crippen LogP contribution < -0.4 is 10.6 Å². The number of piperidine rings is 1. The maximum atomic E-state index is 3.63. The zero-order valence-corrected chi connectivity index (χ0v) is 14.4. The van der Waals surface area contributed by atoms with Crippen molar-refractivity contribution in [3.05, 3.63) is 11.6 Å². The van der Waals surface area contributed by atoms with Crippen LogP contribution in [0.2, 0.25) is 0 Å². The van der Waals surface area contributed by atoms with Gasteiger partial charge in [-0.15, -0.1) is 0 Å². The summed E-state index contributed by atoms with van der Waals surface area (Å²) >= 11 is 0. The SMILES string of the molecule is CC(C)=CCCC(C)CCN1CCNCC12CCNCC2. The fourth-order valence-corrected chi connectivity index (χ4v) is 3.80. The number of nitrogens with one attached hydrogen (secondary N) is 2. The fraction of sp³-hybridized carbons (Fsp3) is 0.889. The van der Waals surface area contributed by atoms with Crippen LogP contribution in [-0.2, 0) is 0 Å². The van der Waals surface area contributed by atoms with Crippen LogP contribution in [0.4, 0.5) is 0 Å². The minimum Gasteiger partial charge on any atom is -0.317 e. The second kappa shape index (κ2) is 8.30. The molecule has 3 heteroatoms. The highest BCUT2D eigenvalue weighted by Gasteiger charge is 2.39. The Morgan fingerprint density at radius 3 is 2.62 bits per heavy atom. The van der Waals surface area contributed by atoms with E-state index >= 15 is 0 Å². The Labute approximate surface area is 131 Å². The van der Waals surface area contributed by atoms with Crippen molar-refractivity contribution < 1.29 is 0 Å². The summed E-state index contributed by atoms with van der Waals surface area (Å²) in [5, 5.41) is 7.15. The molecule has 0 bridgehead atoms. The molecule has 1 unspecified atom stereocenters. The molecule has 2 fully saturated rings. The van der Waals surface area contributed by atoms with Crippen molar-refractivity contribution in [1.82, 2.24) is 15.5 Å². The zero-order valence-electron chi connectivity index (χ0n) is 14.4. The smallest absolute Gasteiger partial charge is 0.0358 e. The van der Waals surface area contributed by atoms with Gasteiger partial charge in [-0.25, -0.2) is 0 Å². The lowest BCUT2D eigenvalue weighted by molar-refractivity contribution is 0.0290. The molecule has 0 aromatic rings. The standard InChI is InChI=1S/C18H35N3/c1-16(2)5-4-6-17(3)7-13-21-14-12-20-15-18(21)8-10-19-11-9-18/h5,17,19-20H,4,6-15H2,1-3H3. The van der Waals surface area contributed by atoms with Crippen molar-refractivity contribution in [3.8, 4) is 0 Å². The van der Waals surface area contributed by atoms with Gasteiger partial charge < -0.3 is 10.6 Å². The molecule has 0 aromatic heterocycles. The second-order valence-electron chi connectivity index (χ2n) is 7.39. The largest absolute Gasteiger partial charge is 0.317 e. The predicted molar refractivity (Wildman–Crippen MR) is 91.7 cm³/mol.